The van der Waals surface area contributed by atoms with Crippen LogP contribution in [-0.4, -0.2) is 48.4 Å². The van der Waals surface area contributed by atoms with E-state index >= 15 is 0 Å². The van der Waals surface area contributed by atoms with Crippen molar-refractivity contribution in [3.63, 3.8) is 0 Å². The van der Waals surface area contributed by atoms with Crippen LogP contribution in [0, 0.1) is 11.2 Å². The van der Waals surface area contributed by atoms with Crippen LogP contribution in [0.25, 0.3) is 11.1 Å². The first-order chi connectivity index (χ1) is 15.4. The number of aromatic nitrogens is 2. The third-order valence-corrected chi connectivity index (χ3v) is 6.74. The summed E-state index contributed by atoms with van der Waals surface area (Å²) >= 11 is 0. The molecule has 0 aliphatic heterocycles. The number of hydrogen-bond acceptors (Lipinski definition) is 6. The molecule has 0 saturated heterocycles. The molecule has 2 saturated carbocycles. The van der Waals surface area contributed by atoms with Crippen LogP contribution in [0.2, 0.25) is 0 Å². The molecule has 0 unspecified atom stereocenters. The molecule has 3 N–H and O–H groups in total. The van der Waals surface area contributed by atoms with Gasteiger partial charge in [0.15, 0.2) is 0 Å². The molecule has 2 fully saturated rings. The summed E-state index contributed by atoms with van der Waals surface area (Å²) in [6.07, 6.45) is 11.7. The Morgan fingerprint density at radius 3 is 2.59 bits per heavy atom. The van der Waals surface area contributed by atoms with Crippen molar-refractivity contribution in [1.82, 2.24) is 15.3 Å². The summed E-state index contributed by atoms with van der Waals surface area (Å²) in [5.74, 6) is 0.387. The van der Waals surface area contributed by atoms with Crippen LogP contribution in [0.15, 0.2) is 30.7 Å². The summed E-state index contributed by atoms with van der Waals surface area (Å²) in [5.41, 5.74) is 2.61. The van der Waals surface area contributed by atoms with Gasteiger partial charge in [0.2, 0.25) is 0 Å². The van der Waals surface area contributed by atoms with Crippen LogP contribution >= 0.6 is 0 Å². The SMILES string of the molecule is COC[C@@H](C)NC1CCC(Nc2cc(-c3cncc(NCC4(C)CC4)c3)c(F)cn2)CC1. The Bertz CT molecular complexity index is 896. The van der Waals surface area contributed by atoms with Crippen LogP contribution < -0.4 is 16.0 Å². The number of hydrogen-bond donors (Lipinski definition) is 3. The number of methoxy groups -OCH3 is 1. The summed E-state index contributed by atoms with van der Waals surface area (Å²) in [4.78, 5) is 8.62. The number of nitrogens with one attached hydrogen (secondary N) is 3. The molecule has 1 atom stereocenters. The first-order valence-corrected chi connectivity index (χ1v) is 11.8. The van der Waals surface area contributed by atoms with Gasteiger partial charge in [0.05, 0.1) is 18.5 Å². The van der Waals surface area contributed by atoms with Crippen molar-refractivity contribution in [3.05, 3.63) is 36.5 Å². The van der Waals surface area contributed by atoms with Crippen molar-refractivity contribution >= 4 is 11.5 Å². The van der Waals surface area contributed by atoms with Gasteiger partial charge in [-0.05, 0) is 63.0 Å². The van der Waals surface area contributed by atoms with Crippen molar-refractivity contribution in [3.8, 4) is 11.1 Å². The van der Waals surface area contributed by atoms with E-state index in [9.17, 15) is 4.39 Å². The molecule has 2 aliphatic rings. The van der Waals surface area contributed by atoms with E-state index in [0.717, 1.165) is 55.9 Å². The number of nitrogens with zero attached hydrogens (tertiary/aromatic N) is 2. The summed E-state index contributed by atoms with van der Waals surface area (Å²) in [5, 5.41) is 10.6. The van der Waals surface area contributed by atoms with Gasteiger partial charge in [-0.2, -0.15) is 0 Å². The Morgan fingerprint density at radius 1 is 1.12 bits per heavy atom. The van der Waals surface area contributed by atoms with Crippen LogP contribution in [0.1, 0.15) is 52.4 Å². The highest BCUT2D eigenvalue weighted by molar-refractivity contribution is 5.69. The predicted molar refractivity (Wildman–Crippen MR) is 127 cm³/mol. The number of pyridine rings is 2. The smallest absolute Gasteiger partial charge is 0.149 e. The zero-order chi connectivity index (χ0) is 22.6. The van der Waals surface area contributed by atoms with Crippen molar-refractivity contribution in [1.29, 1.82) is 0 Å². The van der Waals surface area contributed by atoms with Gasteiger partial charge in [-0.25, -0.2) is 9.37 Å². The fourth-order valence-electron chi connectivity index (χ4n) is 4.44. The van der Waals surface area contributed by atoms with E-state index in [-0.39, 0.29) is 5.82 Å². The first-order valence-electron chi connectivity index (χ1n) is 11.8. The van der Waals surface area contributed by atoms with Crippen molar-refractivity contribution in [2.24, 2.45) is 5.41 Å². The maximum absolute atomic E-state index is 14.6. The first kappa shape index (κ1) is 22.9. The lowest BCUT2D eigenvalue weighted by atomic mass is 9.90. The fraction of sp³-hybridized carbons (Fsp3) is 0.600. The van der Waals surface area contributed by atoms with Gasteiger partial charge < -0.3 is 20.7 Å². The Labute approximate surface area is 190 Å². The van der Waals surface area contributed by atoms with E-state index in [4.69, 9.17) is 4.74 Å². The predicted octanol–water partition coefficient (Wildman–Crippen LogP) is 4.84. The summed E-state index contributed by atoms with van der Waals surface area (Å²) < 4.78 is 19.8. The molecule has 0 bridgehead atoms. The van der Waals surface area contributed by atoms with Gasteiger partial charge in [-0.1, -0.05) is 6.92 Å². The summed E-state index contributed by atoms with van der Waals surface area (Å²) in [6.45, 7) is 6.09. The third-order valence-electron chi connectivity index (χ3n) is 6.74. The number of anilines is 2. The molecule has 2 aliphatic carbocycles. The Hall–Kier alpha value is -2.25. The third kappa shape index (κ3) is 6.17. The fourth-order valence-corrected chi connectivity index (χ4v) is 4.44. The lowest BCUT2D eigenvalue weighted by molar-refractivity contribution is 0.161. The van der Waals surface area contributed by atoms with E-state index in [1.54, 1.807) is 19.5 Å². The summed E-state index contributed by atoms with van der Waals surface area (Å²) in [6, 6.07) is 5.01. The molecule has 32 heavy (non-hydrogen) atoms. The largest absolute Gasteiger partial charge is 0.383 e. The van der Waals surface area contributed by atoms with E-state index in [0.29, 0.717) is 29.1 Å². The second-order valence-corrected chi connectivity index (χ2v) is 9.89. The van der Waals surface area contributed by atoms with Crippen LogP contribution in [0.5, 0.6) is 0 Å². The molecular formula is C25H36FN5O. The zero-order valence-electron chi connectivity index (χ0n) is 19.5. The maximum atomic E-state index is 14.6. The normalized spacial score (nSPS) is 22.9. The molecule has 2 aromatic heterocycles. The minimum absolute atomic E-state index is 0.330. The molecule has 0 spiro atoms. The standard InChI is InChI=1S/C25H36FN5O/c1-17(15-32-3)30-19-4-6-20(7-5-19)31-24-11-22(23(26)14-28-24)18-10-21(13-27-12-18)29-16-25(2)8-9-25/h10-14,17,19-20,29-30H,4-9,15-16H2,1-3H3,(H,28,31)/t17-,19?,20?/m1/s1. The Balaban J connectivity index is 1.36. The van der Waals surface area contributed by atoms with Crippen molar-refractivity contribution < 1.29 is 9.13 Å². The van der Waals surface area contributed by atoms with Crippen LogP contribution in [-0.2, 0) is 4.74 Å². The monoisotopic (exact) mass is 441 g/mol. The van der Waals surface area contributed by atoms with Crippen LogP contribution in [0.4, 0.5) is 15.9 Å². The van der Waals surface area contributed by atoms with Crippen molar-refractivity contribution in [2.75, 3.05) is 30.9 Å². The van der Waals surface area contributed by atoms with Gasteiger partial charge >= 0.3 is 0 Å². The molecular weight excluding hydrogens is 405 g/mol. The van der Waals surface area contributed by atoms with Gasteiger partial charge in [0.1, 0.15) is 11.6 Å². The molecule has 6 nitrogen and oxygen atoms in total. The Kier molecular flexibility index (Phi) is 7.26. The number of rotatable bonds is 10. The molecule has 0 amide bonds. The molecule has 0 radical (unpaired) electrons. The number of ether oxygens (including phenoxy) is 1. The van der Waals surface area contributed by atoms with E-state index in [1.807, 2.05) is 12.1 Å². The second kappa shape index (κ2) is 10.1. The maximum Gasteiger partial charge on any atom is 0.149 e. The van der Waals surface area contributed by atoms with Gasteiger partial charge in [0.25, 0.3) is 0 Å². The lowest BCUT2D eigenvalue weighted by Crippen LogP contribution is -2.42. The average Bonchev–Trinajstić information content (AvgIpc) is 3.53. The van der Waals surface area contributed by atoms with Gasteiger partial charge in [0, 0.05) is 55.3 Å². The molecule has 174 valence electrons. The average molecular weight is 442 g/mol. The molecule has 2 aromatic rings. The van der Waals surface area contributed by atoms with Crippen molar-refractivity contribution in [2.45, 2.75) is 70.5 Å². The molecule has 2 heterocycles. The molecule has 0 aromatic carbocycles. The highest BCUT2D eigenvalue weighted by atomic mass is 19.1. The lowest BCUT2D eigenvalue weighted by Gasteiger charge is -2.31. The minimum atomic E-state index is -0.330. The quantitative estimate of drug-likeness (QED) is 0.490. The molecule has 7 heteroatoms. The minimum Gasteiger partial charge on any atom is -0.383 e. The summed E-state index contributed by atoms with van der Waals surface area (Å²) in [7, 11) is 1.74. The van der Waals surface area contributed by atoms with E-state index in [2.05, 4.69) is 39.8 Å². The second-order valence-electron chi connectivity index (χ2n) is 9.89. The van der Waals surface area contributed by atoms with Crippen LogP contribution in [0.3, 0.4) is 0 Å². The highest BCUT2D eigenvalue weighted by Crippen LogP contribution is 2.44. The van der Waals surface area contributed by atoms with Gasteiger partial charge in [-0.3, -0.25) is 4.98 Å². The number of halogens is 1. The molecule has 4 rings (SSSR count). The van der Waals surface area contributed by atoms with E-state index in [1.165, 1.54) is 19.0 Å². The topological polar surface area (TPSA) is 71.1 Å². The zero-order valence-corrected chi connectivity index (χ0v) is 19.5. The Morgan fingerprint density at radius 2 is 1.88 bits per heavy atom. The highest BCUT2D eigenvalue weighted by Gasteiger charge is 2.36. The van der Waals surface area contributed by atoms with Gasteiger partial charge in [-0.15, -0.1) is 0 Å². The van der Waals surface area contributed by atoms with E-state index < -0.39 is 0 Å².